The van der Waals surface area contributed by atoms with Crippen molar-refractivity contribution >= 4 is 5.97 Å². The van der Waals surface area contributed by atoms with Crippen LogP contribution >= 0.6 is 0 Å². The van der Waals surface area contributed by atoms with E-state index in [0.29, 0.717) is 12.2 Å². The van der Waals surface area contributed by atoms with Crippen molar-refractivity contribution in [3.8, 4) is 0 Å². The predicted molar refractivity (Wildman–Crippen MR) is 70.7 cm³/mol. The Morgan fingerprint density at radius 2 is 2.11 bits per heavy atom. The average molecular weight is 266 g/mol. The molecule has 0 amide bonds. The summed E-state index contributed by atoms with van der Waals surface area (Å²) < 4.78 is 10.1. The Hall–Kier alpha value is -1.29. The van der Waals surface area contributed by atoms with Crippen LogP contribution in [0.2, 0.25) is 0 Å². The molecule has 106 valence electrons. The third-order valence-corrected chi connectivity index (χ3v) is 4.28. The zero-order chi connectivity index (χ0) is 14.3. The van der Waals surface area contributed by atoms with Gasteiger partial charge in [0.25, 0.3) is 0 Å². The second-order valence-corrected chi connectivity index (χ2v) is 6.35. The molecule has 4 heteroatoms. The molecule has 4 nitrogen and oxygen atoms in total. The lowest BCUT2D eigenvalue weighted by atomic mass is 9.65. The minimum absolute atomic E-state index is 0.0906. The summed E-state index contributed by atoms with van der Waals surface area (Å²) in [6.07, 6.45) is 2.51. The molecule has 19 heavy (non-hydrogen) atoms. The van der Waals surface area contributed by atoms with E-state index in [-0.39, 0.29) is 17.1 Å². The van der Waals surface area contributed by atoms with Gasteiger partial charge in [0.05, 0.1) is 7.11 Å². The summed E-state index contributed by atoms with van der Waals surface area (Å²) in [6.45, 7) is 6.46. The number of rotatable bonds is 2. The normalized spacial score (nSPS) is 30.1. The summed E-state index contributed by atoms with van der Waals surface area (Å²) in [5.41, 5.74) is -0.745. The highest BCUT2D eigenvalue weighted by Gasteiger charge is 2.45. The highest BCUT2D eigenvalue weighted by Crippen LogP contribution is 2.48. The Balaban J connectivity index is 2.25. The minimum atomic E-state index is -0.984. The number of aliphatic hydroxyl groups is 1. The van der Waals surface area contributed by atoms with Crippen LogP contribution in [-0.2, 0) is 10.3 Å². The minimum Gasteiger partial charge on any atom is -0.463 e. The molecule has 2 atom stereocenters. The molecule has 0 saturated heterocycles. The Morgan fingerprint density at radius 1 is 1.42 bits per heavy atom. The van der Waals surface area contributed by atoms with Crippen molar-refractivity contribution in [3.05, 3.63) is 23.7 Å². The van der Waals surface area contributed by atoms with E-state index in [1.165, 1.54) is 7.11 Å². The van der Waals surface area contributed by atoms with E-state index in [4.69, 9.17) is 4.42 Å². The molecule has 1 saturated carbocycles. The van der Waals surface area contributed by atoms with Gasteiger partial charge in [0.15, 0.2) is 0 Å². The molecule has 2 rings (SSSR count). The third-order valence-electron chi connectivity index (χ3n) is 4.28. The first kappa shape index (κ1) is 14.1. The van der Waals surface area contributed by atoms with Gasteiger partial charge in [-0.3, -0.25) is 0 Å². The number of hydrogen-bond donors (Lipinski definition) is 1. The molecular formula is C15H22O4. The zero-order valence-corrected chi connectivity index (χ0v) is 12.0. The van der Waals surface area contributed by atoms with Gasteiger partial charge in [0.2, 0.25) is 5.76 Å². The second-order valence-electron chi connectivity index (χ2n) is 6.35. The van der Waals surface area contributed by atoms with Crippen LogP contribution in [0.5, 0.6) is 0 Å². The molecule has 0 aromatic carbocycles. The number of carbonyl (C=O) groups excluding carboxylic acids is 1. The van der Waals surface area contributed by atoms with E-state index in [2.05, 4.69) is 18.6 Å². The van der Waals surface area contributed by atoms with Gasteiger partial charge in [-0.15, -0.1) is 0 Å². The fourth-order valence-corrected chi connectivity index (χ4v) is 3.02. The van der Waals surface area contributed by atoms with Crippen LogP contribution in [0.1, 0.15) is 56.3 Å². The smallest absolute Gasteiger partial charge is 0.373 e. The molecule has 1 aromatic rings. The van der Waals surface area contributed by atoms with E-state index in [9.17, 15) is 9.90 Å². The first-order valence-electron chi connectivity index (χ1n) is 6.69. The standard InChI is InChI=1S/C15H22O4/c1-10-9-14(2,3)7-8-15(10,17)12-6-5-11(19-12)13(16)18-4/h5-6,10,17H,7-9H2,1-4H3. The van der Waals surface area contributed by atoms with Crippen molar-refractivity contribution in [1.29, 1.82) is 0 Å². The third kappa shape index (κ3) is 2.54. The summed E-state index contributed by atoms with van der Waals surface area (Å²) in [5, 5.41) is 10.9. The Labute approximate surface area is 113 Å². The monoisotopic (exact) mass is 266 g/mol. The molecule has 2 unspecified atom stereocenters. The maximum absolute atomic E-state index is 11.4. The van der Waals surface area contributed by atoms with Crippen LogP contribution in [0.25, 0.3) is 0 Å². The second kappa shape index (κ2) is 4.67. The van der Waals surface area contributed by atoms with Crippen molar-refractivity contribution in [2.75, 3.05) is 7.11 Å². The summed E-state index contributed by atoms with van der Waals surface area (Å²) in [6, 6.07) is 3.24. The molecule has 0 bridgehead atoms. The summed E-state index contributed by atoms with van der Waals surface area (Å²) in [4.78, 5) is 11.4. The van der Waals surface area contributed by atoms with Crippen molar-refractivity contribution in [1.82, 2.24) is 0 Å². The van der Waals surface area contributed by atoms with Crippen LogP contribution in [0.15, 0.2) is 16.5 Å². The van der Waals surface area contributed by atoms with Gasteiger partial charge in [-0.1, -0.05) is 20.8 Å². The number of methoxy groups -OCH3 is 1. The van der Waals surface area contributed by atoms with Crippen LogP contribution in [-0.4, -0.2) is 18.2 Å². The van der Waals surface area contributed by atoms with Gasteiger partial charge < -0.3 is 14.3 Å². The largest absolute Gasteiger partial charge is 0.463 e. The molecule has 0 radical (unpaired) electrons. The fraction of sp³-hybridized carbons (Fsp3) is 0.667. The molecule has 1 fully saturated rings. The van der Waals surface area contributed by atoms with Crippen LogP contribution in [0.3, 0.4) is 0 Å². The van der Waals surface area contributed by atoms with Crippen molar-refractivity contribution in [2.24, 2.45) is 11.3 Å². The lowest BCUT2D eigenvalue weighted by molar-refractivity contribution is -0.0913. The number of hydrogen-bond acceptors (Lipinski definition) is 4. The topological polar surface area (TPSA) is 59.7 Å². The average Bonchev–Trinajstić information content (AvgIpc) is 2.83. The van der Waals surface area contributed by atoms with Gasteiger partial charge in [-0.25, -0.2) is 4.79 Å². The Kier molecular flexibility index (Phi) is 3.47. The number of esters is 1. The summed E-state index contributed by atoms with van der Waals surface area (Å²) >= 11 is 0. The molecule has 1 heterocycles. The highest BCUT2D eigenvalue weighted by atomic mass is 16.5. The van der Waals surface area contributed by atoms with Gasteiger partial charge in [0.1, 0.15) is 11.4 Å². The van der Waals surface area contributed by atoms with Crippen molar-refractivity contribution in [3.63, 3.8) is 0 Å². The lowest BCUT2D eigenvalue weighted by Crippen LogP contribution is -2.41. The molecule has 0 spiro atoms. The van der Waals surface area contributed by atoms with Crippen LogP contribution < -0.4 is 0 Å². The van der Waals surface area contributed by atoms with E-state index < -0.39 is 11.6 Å². The molecule has 1 aliphatic rings. The Bertz CT molecular complexity index is 474. The number of ether oxygens (including phenoxy) is 1. The maximum atomic E-state index is 11.4. The molecular weight excluding hydrogens is 244 g/mol. The first-order chi connectivity index (χ1) is 8.78. The molecule has 1 aromatic heterocycles. The quantitative estimate of drug-likeness (QED) is 0.836. The van der Waals surface area contributed by atoms with Gasteiger partial charge in [-0.05, 0) is 42.7 Å². The first-order valence-corrected chi connectivity index (χ1v) is 6.69. The summed E-state index contributed by atoms with van der Waals surface area (Å²) in [5.74, 6) is 0.186. The van der Waals surface area contributed by atoms with Gasteiger partial charge in [0, 0.05) is 0 Å². The van der Waals surface area contributed by atoms with E-state index in [0.717, 1.165) is 12.8 Å². The highest BCUT2D eigenvalue weighted by molar-refractivity contribution is 5.86. The summed E-state index contributed by atoms with van der Waals surface area (Å²) in [7, 11) is 1.31. The van der Waals surface area contributed by atoms with E-state index in [1.54, 1.807) is 12.1 Å². The SMILES string of the molecule is COC(=O)c1ccc(C2(O)CCC(C)(C)CC2C)o1. The van der Waals surface area contributed by atoms with Gasteiger partial charge >= 0.3 is 5.97 Å². The van der Waals surface area contributed by atoms with Crippen LogP contribution in [0, 0.1) is 11.3 Å². The van der Waals surface area contributed by atoms with Gasteiger partial charge in [-0.2, -0.15) is 0 Å². The fourth-order valence-electron chi connectivity index (χ4n) is 3.02. The van der Waals surface area contributed by atoms with E-state index in [1.807, 2.05) is 6.92 Å². The predicted octanol–water partition coefficient (Wildman–Crippen LogP) is 3.10. The molecule has 1 aliphatic carbocycles. The lowest BCUT2D eigenvalue weighted by Gasteiger charge is -2.44. The molecule has 0 aliphatic heterocycles. The van der Waals surface area contributed by atoms with Crippen molar-refractivity contribution < 1.29 is 19.1 Å². The number of furan rings is 1. The van der Waals surface area contributed by atoms with Crippen molar-refractivity contribution in [2.45, 2.75) is 45.6 Å². The van der Waals surface area contributed by atoms with E-state index >= 15 is 0 Å². The number of carbonyl (C=O) groups is 1. The zero-order valence-electron chi connectivity index (χ0n) is 12.0. The molecule has 1 N–H and O–H groups in total. The maximum Gasteiger partial charge on any atom is 0.373 e. The van der Waals surface area contributed by atoms with Crippen LogP contribution in [0.4, 0.5) is 0 Å². The Morgan fingerprint density at radius 3 is 2.68 bits per heavy atom.